The van der Waals surface area contributed by atoms with Crippen LogP contribution in [0.15, 0.2) is 53.5 Å². The van der Waals surface area contributed by atoms with Gasteiger partial charge in [-0.25, -0.2) is 4.98 Å². The molecule has 0 bridgehead atoms. The number of pyridine rings is 1. The van der Waals surface area contributed by atoms with E-state index in [2.05, 4.69) is 10.3 Å². The standard InChI is InChI=1S/C18H16Cl2N4O2/c1-23(11-17(25)22-12-5-6-14(19)15(20)8-12)10-13-9-18(26)24-7-3-2-4-16(24)21-13/h2-9H,10-11H2,1H3,(H,22,25). The van der Waals surface area contributed by atoms with Crippen molar-refractivity contribution >= 4 is 40.4 Å². The maximum atomic E-state index is 12.2. The van der Waals surface area contributed by atoms with Gasteiger partial charge in [-0.05, 0) is 37.4 Å². The van der Waals surface area contributed by atoms with Gasteiger partial charge < -0.3 is 5.32 Å². The van der Waals surface area contributed by atoms with Crippen molar-refractivity contribution in [3.8, 4) is 0 Å². The van der Waals surface area contributed by atoms with E-state index in [0.29, 0.717) is 33.6 Å². The number of carbonyl (C=O) groups is 1. The molecule has 6 nitrogen and oxygen atoms in total. The zero-order valence-corrected chi connectivity index (χ0v) is 15.5. The number of halogens is 2. The number of fused-ring (bicyclic) bond motifs is 1. The molecule has 3 aromatic rings. The smallest absolute Gasteiger partial charge is 0.258 e. The first-order valence-corrected chi connectivity index (χ1v) is 8.59. The quantitative estimate of drug-likeness (QED) is 0.726. The van der Waals surface area contributed by atoms with E-state index in [0.717, 1.165) is 0 Å². The summed E-state index contributed by atoms with van der Waals surface area (Å²) < 4.78 is 1.47. The number of benzene rings is 1. The van der Waals surface area contributed by atoms with E-state index in [9.17, 15) is 9.59 Å². The first-order chi connectivity index (χ1) is 12.4. The van der Waals surface area contributed by atoms with E-state index in [4.69, 9.17) is 23.2 Å². The van der Waals surface area contributed by atoms with Gasteiger partial charge >= 0.3 is 0 Å². The van der Waals surface area contributed by atoms with Gasteiger partial charge in [0.2, 0.25) is 5.91 Å². The summed E-state index contributed by atoms with van der Waals surface area (Å²) >= 11 is 11.8. The van der Waals surface area contributed by atoms with Crippen LogP contribution in [0.3, 0.4) is 0 Å². The first-order valence-electron chi connectivity index (χ1n) is 7.83. The number of amides is 1. The Kier molecular flexibility index (Phi) is 5.56. The molecule has 8 heteroatoms. The van der Waals surface area contributed by atoms with Gasteiger partial charge in [-0.1, -0.05) is 29.3 Å². The Bertz CT molecular complexity index is 1020. The Morgan fingerprint density at radius 1 is 1.19 bits per heavy atom. The van der Waals surface area contributed by atoms with Crippen molar-refractivity contribution in [3.05, 3.63) is 74.8 Å². The largest absolute Gasteiger partial charge is 0.325 e. The van der Waals surface area contributed by atoms with Crippen molar-refractivity contribution in [1.82, 2.24) is 14.3 Å². The third-order valence-electron chi connectivity index (χ3n) is 3.67. The fourth-order valence-electron chi connectivity index (χ4n) is 2.54. The summed E-state index contributed by atoms with van der Waals surface area (Å²) in [6.07, 6.45) is 1.67. The van der Waals surface area contributed by atoms with E-state index in [1.54, 1.807) is 48.5 Å². The number of anilines is 1. The van der Waals surface area contributed by atoms with Crippen LogP contribution in [0.1, 0.15) is 5.69 Å². The summed E-state index contributed by atoms with van der Waals surface area (Å²) in [6.45, 7) is 0.505. The van der Waals surface area contributed by atoms with E-state index >= 15 is 0 Å². The summed E-state index contributed by atoms with van der Waals surface area (Å²) in [5.74, 6) is -0.205. The number of nitrogens with one attached hydrogen (secondary N) is 1. The van der Waals surface area contributed by atoms with Gasteiger partial charge in [0.1, 0.15) is 5.65 Å². The van der Waals surface area contributed by atoms with Crippen molar-refractivity contribution in [2.24, 2.45) is 0 Å². The molecular formula is C18H16Cl2N4O2. The molecule has 1 amide bonds. The van der Waals surface area contributed by atoms with Crippen molar-refractivity contribution in [1.29, 1.82) is 0 Å². The number of aromatic nitrogens is 2. The van der Waals surface area contributed by atoms with Crippen LogP contribution < -0.4 is 10.9 Å². The highest BCUT2D eigenvalue weighted by Crippen LogP contribution is 2.24. The lowest BCUT2D eigenvalue weighted by Gasteiger charge is -2.16. The number of hydrogen-bond acceptors (Lipinski definition) is 4. The lowest BCUT2D eigenvalue weighted by molar-refractivity contribution is -0.117. The van der Waals surface area contributed by atoms with Gasteiger partial charge in [-0.2, -0.15) is 0 Å². The zero-order valence-electron chi connectivity index (χ0n) is 13.9. The molecular weight excluding hydrogens is 375 g/mol. The van der Waals surface area contributed by atoms with E-state index < -0.39 is 0 Å². The van der Waals surface area contributed by atoms with Crippen molar-refractivity contribution in [2.45, 2.75) is 6.54 Å². The summed E-state index contributed by atoms with van der Waals surface area (Å²) in [5, 5.41) is 3.56. The van der Waals surface area contributed by atoms with Crippen LogP contribution in [0.4, 0.5) is 5.69 Å². The van der Waals surface area contributed by atoms with Crippen LogP contribution in [0.25, 0.3) is 5.65 Å². The molecule has 0 aliphatic carbocycles. The van der Waals surface area contributed by atoms with Crippen LogP contribution in [0, 0.1) is 0 Å². The molecule has 1 N–H and O–H groups in total. The Morgan fingerprint density at radius 2 is 2.00 bits per heavy atom. The van der Waals surface area contributed by atoms with E-state index in [1.165, 1.54) is 10.5 Å². The summed E-state index contributed by atoms with van der Waals surface area (Å²) in [4.78, 5) is 30.5. The first kappa shape index (κ1) is 18.4. The summed E-state index contributed by atoms with van der Waals surface area (Å²) in [7, 11) is 1.78. The molecule has 3 rings (SSSR count). The molecule has 2 aromatic heterocycles. The fourth-order valence-corrected chi connectivity index (χ4v) is 2.83. The second-order valence-electron chi connectivity index (χ2n) is 5.86. The van der Waals surface area contributed by atoms with Crippen LogP contribution in [0.5, 0.6) is 0 Å². The molecule has 0 radical (unpaired) electrons. The molecule has 134 valence electrons. The molecule has 0 aliphatic rings. The van der Waals surface area contributed by atoms with E-state index in [1.807, 2.05) is 6.07 Å². The Balaban J connectivity index is 1.64. The minimum Gasteiger partial charge on any atom is -0.325 e. The number of nitrogens with zero attached hydrogens (tertiary/aromatic N) is 3. The molecule has 0 fully saturated rings. The molecule has 2 heterocycles. The average Bonchev–Trinajstić information content (AvgIpc) is 2.58. The van der Waals surface area contributed by atoms with Crippen LogP contribution in [0.2, 0.25) is 10.0 Å². The van der Waals surface area contributed by atoms with Gasteiger partial charge in [0.05, 0.1) is 22.3 Å². The molecule has 0 saturated carbocycles. The summed E-state index contributed by atoms with van der Waals surface area (Å²) in [6, 6.07) is 11.7. The van der Waals surface area contributed by atoms with Crippen molar-refractivity contribution in [3.63, 3.8) is 0 Å². The van der Waals surface area contributed by atoms with Crippen molar-refractivity contribution in [2.75, 3.05) is 18.9 Å². The minimum atomic E-state index is -0.205. The highest BCUT2D eigenvalue weighted by molar-refractivity contribution is 6.42. The van der Waals surface area contributed by atoms with Gasteiger partial charge in [0.15, 0.2) is 0 Å². The topological polar surface area (TPSA) is 66.7 Å². The highest BCUT2D eigenvalue weighted by Gasteiger charge is 2.10. The second kappa shape index (κ2) is 7.86. The molecule has 1 aromatic carbocycles. The lowest BCUT2D eigenvalue weighted by atomic mass is 10.3. The monoisotopic (exact) mass is 390 g/mol. The normalized spacial score (nSPS) is 11.1. The Hall–Kier alpha value is -2.41. The number of likely N-dealkylation sites (N-methyl/N-ethyl adjacent to an activating group) is 1. The average molecular weight is 391 g/mol. The van der Waals surface area contributed by atoms with Crippen molar-refractivity contribution < 1.29 is 4.79 Å². The van der Waals surface area contributed by atoms with Gasteiger partial charge in [-0.3, -0.25) is 18.9 Å². The third kappa shape index (κ3) is 4.40. The number of hydrogen-bond donors (Lipinski definition) is 1. The van der Waals surface area contributed by atoms with Gasteiger partial charge in [0.25, 0.3) is 5.56 Å². The van der Waals surface area contributed by atoms with Crippen LogP contribution in [-0.2, 0) is 11.3 Å². The predicted octanol–water partition coefficient (Wildman–Crippen LogP) is 3.07. The molecule has 0 spiro atoms. The fraction of sp³-hybridized carbons (Fsp3) is 0.167. The SMILES string of the molecule is CN(CC(=O)Nc1ccc(Cl)c(Cl)c1)Cc1cc(=O)n2ccccc2n1. The lowest BCUT2D eigenvalue weighted by Crippen LogP contribution is -2.30. The van der Waals surface area contributed by atoms with Crippen LogP contribution >= 0.6 is 23.2 Å². The minimum absolute atomic E-state index is 0.135. The third-order valence-corrected chi connectivity index (χ3v) is 4.41. The predicted molar refractivity (Wildman–Crippen MR) is 103 cm³/mol. The molecule has 26 heavy (non-hydrogen) atoms. The highest BCUT2D eigenvalue weighted by atomic mass is 35.5. The maximum Gasteiger partial charge on any atom is 0.258 e. The summed E-state index contributed by atoms with van der Waals surface area (Å²) in [5.41, 5.74) is 1.59. The van der Waals surface area contributed by atoms with Gasteiger partial charge in [-0.15, -0.1) is 0 Å². The number of carbonyl (C=O) groups excluding carboxylic acids is 1. The Morgan fingerprint density at radius 3 is 2.77 bits per heavy atom. The molecule has 0 atom stereocenters. The van der Waals surface area contributed by atoms with E-state index in [-0.39, 0.29) is 18.0 Å². The molecule has 0 aliphatic heterocycles. The molecule has 0 saturated heterocycles. The van der Waals surface area contributed by atoms with Crippen LogP contribution in [-0.4, -0.2) is 33.8 Å². The maximum absolute atomic E-state index is 12.2. The zero-order chi connectivity index (χ0) is 18.7. The van der Waals surface area contributed by atoms with Gasteiger partial charge in [0, 0.05) is 24.5 Å². The molecule has 0 unspecified atom stereocenters. The number of rotatable bonds is 5. The Labute approximate surface area is 160 Å². The second-order valence-corrected chi connectivity index (χ2v) is 6.68.